The first-order valence-corrected chi connectivity index (χ1v) is 1.68. The van der Waals surface area contributed by atoms with Gasteiger partial charge >= 0.3 is 0 Å². The summed E-state index contributed by atoms with van der Waals surface area (Å²) >= 11 is 0. The zero-order valence-corrected chi connectivity index (χ0v) is 3.22. The minimum absolute atomic E-state index is 0.451. The van der Waals surface area contributed by atoms with Crippen molar-refractivity contribution >= 4 is 6.34 Å². The third-order valence-corrected chi connectivity index (χ3v) is 0.466. The highest BCUT2D eigenvalue weighted by Gasteiger charge is 1.85. The monoisotopic (exact) mass is 85.0 g/mol. The SMILES string of the molecule is [CH]1NC=NCO1. The molecule has 1 radical (unpaired) electrons. The highest BCUT2D eigenvalue weighted by molar-refractivity contribution is 5.55. The van der Waals surface area contributed by atoms with E-state index in [0.29, 0.717) is 6.73 Å². The molecule has 0 bridgehead atoms. The van der Waals surface area contributed by atoms with Gasteiger partial charge in [-0.15, -0.1) is 0 Å². The lowest BCUT2D eigenvalue weighted by Crippen LogP contribution is -2.14. The lowest BCUT2D eigenvalue weighted by Gasteiger charge is -2.02. The molecule has 3 heteroatoms. The Morgan fingerprint density at radius 3 is 3.00 bits per heavy atom. The smallest absolute Gasteiger partial charge is 0.176 e. The standard InChI is InChI=1S/C3H5N2O/c1-4-2-6-3-5-1/h1-2H,3H2,(H,4,5). The lowest BCUT2D eigenvalue weighted by atomic mass is 11.0. The molecule has 0 saturated heterocycles. The largest absolute Gasteiger partial charge is 0.348 e. The van der Waals surface area contributed by atoms with Gasteiger partial charge in [0.1, 0.15) is 6.73 Å². The first kappa shape index (κ1) is 3.61. The Kier molecular flexibility index (Phi) is 1.06. The Hall–Kier alpha value is -0.570. The molecule has 0 saturated carbocycles. The summed E-state index contributed by atoms with van der Waals surface area (Å²) in [6.07, 6.45) is 1.59. The Balaban J connectivity index is 2.26. The van der Waals surface area contributed by atoms with E-state index in [-0.39, 0.29) is 0 Å². The van der Waals surface area contributed by atoms with E-state index in [4.69, 9.17) is 0 Å². The summed E-state index contributed by atoms with van der Waals surface area (Å²) in [7, 11) is 0. The molecule has 0 aromatic rings. The summed E-state index contributed by atoms with van der Waals surface area (Å²) in [5.74, 6) is 0. The molecule has 0 spiro atoms. The van der Waals surface area contributed by atoms with Gasteiger partial charge in [0, 0.05) is 0 Å². The molecule has 1 aliphatic heterocycles. The molecule has 0 fully saturated rings. The number of nitrogens with zero attached hydrogens (tertiary/aromatic N) is 1. The van der Waals surface area contributed by atoms with Gasteiger partial charge in [0.05, 0.1) is 6.34 Å². The first-order chi connectivity index (χ1) is 3.00. The van der Waals surface area contributed by atoms with Crippen LogP contribution in [-0.4, -0.2) is 13.1 Å². The van der Waals surface area contributed by atoms with Crippen LogP contribution in [0.1, 0.15) is 0 Å². The normalized spacial score (nSPS) is 20.0. The summed E-state index contributed by atoms with van der Waals surface area (Å²) in [5, 5.41) is 2.65. The Labute approximate surface area is 36.0 Å². The van der Waals surface area contributed by atoms with Crippen molar-refractivity contribution < 1.29 is 4.74 Å². The molecule has 0 unspecified atom stereocenters. The van der Waals surface area contributed by atoms with Crippen molar-refractivity contribution in [3.63, 3.8) is 0 Å². The molecular weight excluding hydrogens is 80.0 g/mol. The predicted octanol–water partition coefficient (Wildman–Crippen LogP) is -0.289. The molecule has 6 heavy (non-hydrogen) atoms. The van der Waals surface area contributed by atoms with Gasteiger partial charge in [0.15, 0.2) is 6.73 Å². The maximum Gasteiger partial charge on any atom is 0.176 e. The van der Waals surface area contributed by atoms with Crippen LogP contribution in [-0.2, 0) is 4.74 Å². The summed E-state index contributed by atoms with van der Waals surface area (Å²) in [4.78, 5) is 3.69. The second-order valence-electron chi connectivity index (χ2n) is 0.892. The summed E-state index contributed by atoms with van der Waals surface area (Å²) in [6, 6.07) is 0. The molecule has 0 aromatic heterocycles. The number of nitrogens with one attached hydrogen (secondary N) is 1. The van der Waals surface area contributed by atoms with E-state index in [1.54, 1.807) is 6.34 Å². The Morgan fingerprint density at radius 2 is 2.83 bits per heavy atom. The molecule has 3 nitrogen and oxygen atoms in total. The fourth-order valence-corrected chi connectivity index (χ4v) is 0.249. The molecule has 1 aliphatic rings. The van der Waals surface area contributed by atoms with Gasteiger partial charge in [-0.05, 0) is 0 Å². The first-order valence-electron chi connectivity index (χ1n) is 1.68. The molecule has 1 N–H and O–H groups in total. The Bertz CT molecular complexity index is 53.8. The van der Waals surface area contributed by atoms with Gasteiger partial charge in [-0.3, -0.25) is 0 Å². The second-order valence-corrected chi connectivity index (χ2v) is 0.892. The van der Waals surface area contributed by atoms with Gasteiger partial charge in [-0.2, -0.15) is 0 Å². The molecule has 0 atom stereocenters. The van der Waals surface area contributed by atoms with Crippen molar-refractivity contribution in [2.24, 2.45) is 4.99 Å². The van der Waals surface area contributed by atoms with Crippen LogP contribution in [0.4, 0.5) is 0 Å². The highest BCUT2D eigenvalue weighted by Crippen LogP contribution is 1.79. The van der Waals surface area contributed by atoms with Crippen LogP contribution >= 0.6 is 0 Å². The van der Waals surface area contributed by atoms with Crippen molar-refractivity contribution in [1.29, 1.82) is 0 Å². The molecule has 1 heterocycles. The van der Waals surface area contributed by atoms with Crippen molar-refractivity contribution in [2.45, 2.75) is 0 Å². The minimum Gasteiger partial charge on any atom is -0.348 e. The average Bonchev–Trinajstić information content (AvgIpc) is 1.72. The fraction of sp³-hybridized carbons (Fsp3) is 0.333. The number of hydrogen-bond acceptors (Lipinski definition) is 3. The van der Waals surface area contributed by atoms with E-state index in [0.717, 1.165) is 0 Å². The third kappa shape index (κ3) is 0.687. The predicted molar refractivity (Wildman–Crippen MR) is 21.9 cm³/mol. The van der Waals surface area contributed by atoms with Gasteiger partial charge in [-0.1, -0.05) is 0 Å². The van der Waals surface area contributed by atoms with Crippen LogP contribution < -0.4 is 5.32 Å². The quantitative estimate of drug-likeness (QED) is 0.438. The zero-order chi connectivity index (χ0) is 4.24. The van der Waals surface area contributed by atoms with Gasteiger partial charge in [0.25, 0.3) is 0 Å². The van der Waals surface area contributed by atoms with E-state index in [1.165, 1.54) is 6.73 Å². The molecule has 0 amide bonds. The van der Waals surface area contributed by atoms with E-state index in [2.05, 4.69) is 15.0 Å². The maximum absolute atomic E-state index is 4.64. The minimum atomic E-state index is 0.451. The van der Waals surface area contributed by atoms with Crippen LogP contribution in [0.15, 0.2) is 4.99 Å². The van der Waals surface area contributed by atoms with E-state index >= 15 is 0 Å². The highest BCUT2D eigenvalue weighted by atomic mass is 16.5. The van der Waals surface area contributed by atoms with Crippen molar-refractivity contribution in [3.8, 4) is 0 Å². The fourth-order valence-electron chi connectivity index (χ4n) is 0.249. The number of rotatable bonds is 0. The summed E-state index contributed by atoms with van der Waals surface area (Å²) < 4.78 is 4.64. The summed E-state index contributed by atoms with van der Waals surface area (Å²) in [5.41, 5.74) is 0. The second kappa shape index (κ2) is 1.77. The molecular formula is C3H5N2O. The molecule has 33 valence electrons. The van der Waals surface area contributed by atoms with Gasteiger partial charge < -0.3 is 10.1 Å². The zero-order valence-electron chi connectivity index (χ0n) is 3.22. The third-order valence-electron chi connectivity index (χ3n) is 0.466. The van der Waals surface area contributed by atoms with E-state index in [9.17, 15) is 0 Å². The van der Waals surface area contributed by atoms with E-state index in [1.807, 2.05) is 0 Å². The van der Waals surface area contributed by atoms with Crippen molar-refractivity contribution in [1.82, 2.24) is 5.32 Å². The van der Waals surface area contributed by atoms with Crippen molar-refractivity contribution in [2.75, 3.05) is 6.73 Å². The lowest BCUT2D eigenvalue weighted by molar-refractivity contribution is 0.190. The summed E-state index contributed by atoms with van der Waals surface area (Å²) in [6.45, 7) is 1.94. The molecule has 1 rings (SSSR count). The topological polar surface area (TPSA) is 33.6 Å². The number of ether oxygens (including phenoxy) is 1. The van der Waals surface area contributed by atoms with E-state index < -0.39 is 0 Å². The van der Waals surface area contributed by atoms with Gasteiger partial charge in [-0.25, -0.2) is 4.99 Å². The van der Waals surface area contributed by atoms with Crippen LogP contribution in [0.3, 0.4) is 0 Å². The van der Waals surface area contributed by atoms with Crippen LogP contribution in [0.25, 0.3) is 0 Å². The van der Waals surface area contributed by atoms with Crippen LogP contribution in [0.5, 0.6) is 0 Å². The van der Waals surface area contributed by atoms with Crippen LogP contribution in [0.2, 0.25) is 0 Å². The molecule has 0 aliphatic carbocycles. The average molecular weight is 85.1 g/mol. The van der Waals surface area contributed by atoms with Gasteiger partial charge in [0.2, 0.25) is 0 Å². The molecule has 0 aromatic carbocycles. The number of aliphatic imine (C=N–C) groups is 1. The number of hydrogen-bond donors (Lipinski definition) is 1. The Morgan fingerprint density at radius 1 is 1.83 bits per heavy atom. The maximum atomic E-state index is 4.64. The van der Waals surface area contributed by atoms with Crippen molar-refractivity contribution in [3.05, 3.63) is 6.73 Å². The van der Waals surface area contributed by atoms with Crippen LogP contribution in [0, 0.1) is 6.73 Å².